The molecule has 0 heterocycles. The van der Waals surface area contributed by atoms with Crippen LogP contribution in [0.3, 0.4) is 0 Å². The fourth-order valence-electron chi connectivity index (χ4n) is 1.44. The smallest absolute Gasteiger partial charge is 0.387 e. The van der Waals surface area contributed by atoms with Gasteiger partial charge in [0.25, 0.3) is 5.91 Å². The molecule has 0 saturated carbocycles. The first-order valence-electron chi connectivity index (χ1n) is 6.07. The number of alkyl halides is 2. The van der Waals surface area contributed by atoms with Crippen molar-refractivity contribution in [1.82, 2.24) is 5.32 Å². The van der Waals surface area contributed by atoms with Crippen LogP contribution in [0.1, 0.15) is 24.2 Å². The van der Waals surface area contributed by atoms with E-state index in [1.165, 1.54) is 24.3 Å². The van der Waals surface area contributed by atoms with E-state index in [1.54, 1.807) is 13.8 Å². The van der Waals surface area contributed by atoms with Crippen molar-refractivity contribution in [2.24, 2.45) is 16.3 Å². The minimum absolute atomic E-state index is 0.0300. The Morgan fingerprint density at radius 3 is 2.76 bits per heavy atom. The summed E-state index contributed by atoms with van der Waals surface area (Å²) in [6, 6.07) is 5.42. The van der Waals surface area contributed by atoms with Crippen LogP contribution in [0.25, 0.3) is 0 Å². The molecule has 0 atom stereocenters. The second-order valence-electron chi connectivity index (χ2n) is 4.96. The molecule has 1 rings (SSSR count). The SMILES string of the molecule is CC(C)(CNC(=O)c1cccc(OC(F)F)c1)/C(N)=N/O. The van der Waals surface area contributed by atoms with Crippen LogP contribution in [0.5, 0.6) is 5.75 Å². The second kappa shape index (κ2) is 6.87. The molecule has 8 heteroatoms. The highest BCUT2D eigenvalue weighted by atomic mass is 19.3. The zero-order valence-electron chi connectivity index (χ0n) is 11.6. The van der Waals surface area contributed by atoms with Gasteiger partial charge in [0, 0.05) is 17.5 Å². The molecule has 1 aromatic rings. The Bertz CT molecular complexity index is 533. The van der Waals surface area contributed by atoms with E-state index in [2.05, 4.69) is 15.2 Å². The van der Waals surface area contributed by atoms with Crippen molar-refractivity contribution in [3.05, 3.63) is 29.8 Å². The number of amidine groups is 1. The molecule has 1 aromatic carbocycles. The molecule has 4 N–H and O–H groups in total. The van der Waals surface area contributed by atoms with Crippen molar-refractivity contribution in [3.8, 4) is 5.75 Å². The lowest BCUT2D eigenvalue weighted by Gasteiger charge is -2.23. The predicted molar refractivity (Wildman–Crippen MR) is 72.6 cm³/mol. The molecule has 0 aliphatic carbocycles. The Labute approximate surface area is 120 Å². The van der Waals surface area contributed by atoms with E-state index in [9.17, 15) is 13.6 Å². The molecule has 0 aliphatic rings. The van der Waals surface area contributed by atoms with Crippen molar-refractivity contribution in [2.45, 2.75) is 20.5 Å². The number of halogens is 2. The number of rotatable bonds is 6. The molecule has 0 radical (unpaired) electrons. The van der Waals surface area contributed by atoms with Crippen LogP contribution in [-0.4, -0.2) is 30.1 Å². The van der Waals surface area contributed by atoms with E-state index in [-0.39, 0.29) is 23.7 Å². The number of nitrogens with one attached hydrogen (secondary N) is 1. The summed E-state index contributed by atoms with van der Waals surface area (Å²) in [6.45, 7) is 0.515. The van der Waals surface area contributed by atoms with E-state index >= 15 is 0 Å². The van der Waals surface area contributed by atoms with Gasteiger partial charge in [-0.2, -0.15) is 8.78 Å². The van der Waals surface area contributed by atoms with Crippen molar-refractivity contribution in [2.75, 3.05) is 6.54 Å². The molecule has 0 fully saturated rings. The standard InChI is InChI=1S/C13H17F2N3O3/c1-13(2,11(16)18-20)7-17-10(19)8-4-3-5-9(6-8)21-12(14)15/h3-6,12,20H,7H2,1-2H3,(H2,16,18)(H,17,19). The highest BCUT2D eigenvalue weighted by molar-refractivity contribution is 5.95. The zero-order chi connectivity index (χ0) is 16.0. The molecule has 0 saturated heterocycles. The van der Waals surface area contributed by atoms with E-state index in [0.717, 1.165) is 0 Å². The summed E-state index contributed by atoms with van der Waals surface area (Å²) in [5.41, 5.74) is 4.92. The van der Waals surface area contributed by atoms with Crippen molar-refractivity contribution < 1.29 is 23.5 Å². The van der Waals surface area contributed by atoms with Gasteiger partial charge in [-0.25, -0.2) is 0 Å². The fraction of sp³-hybridized carbons (Fsp3) is 0.385. The van der Waals surface area contributed by atoms with Gasteiger partial charge < -0.3 is 21.0 Å². The third kappa shape index (κ3) is 4.90. The Morgan fingerprint density at radius 1 is 1.52 bits per heavy atom. The first-order chi connectivity index (χ1) is 9.76. The first kappa shape index (κ1) is 16.7. The zero-order valence-corrected chi connectivity index (χ0v) is 11.6. The van der Waals surface area contributed by atoms with Gasteiger partial charge in [0.05, 0.1) is 0 Å². The Kier molecular flexibility index (Phi) is 5.45. The summed E-state index contributed by atoms with van der Waals surface area (Å²) >= 11 is 0. The highest BCUT2D eigenvalue weighted by Crippen LogP contribution is 2.17. The second-order valence-corrected chi connectivity index (χ2v) is 4.96. The summed E-state index contributed by atoms with van der Waals surface area (Å²) in [5.74, 6) is -0.612. The third-order valence-corrected chi connectivity index (χ3v) is 2.81. The van der Waals surface area contributed by atoms with E-state index < -0.39 is 17.9 Å². The number of carbonyl (C=O) groups is 1. The number of benzene rings is 1. The number of amides is 1. The monoisotopic (exact) mass is 301 g/mol. The Hall–Kier alpha value is -2.38. The van der Waals surface area contributed by atoms with Crippen LogP contribution < -0.4 is 15.8 Å². The third-order valence-electron chi connectivity index (χ3n) is 2.81. The number of hydrogen-bond donors (Lipinski definition) is 3. The molecule has 0 bridgehead atoms. The van der Waals surface area contributed by atoms with E-state index in [0.29, 0.717) is 0 Å². The fourth-order valence-corrected chi connectivity index (χ4v) is 1.44. The summed E-state index contributed by atoms with van der Waals surface area (Å²) in [4.78, 5) is 11.9. The molecular formula is C13H17F2N3O3. The van der Waals surface area contributed by atoms with E-state index in [4.69, 9.17) is 10.9 Å². The molecule has 6 nitrogen and oxygen atoms in total. The number of carbonyl (C=O) groups excluding carboxylic acids is 1. The first-order valence-corrected chi connectivity index (χ1v) is 6.07. The van der Waals surface area contributed by atoms with Gasteiger partial charge in [0.1, 0.15) is 11.6 Å². The quantitative estimate of drug-likeness (QED) is 0.323. The van der Waals surface area contributed by atoms with Gasteiger partial charge in [0.15, 0.2) is 0 Å². The molecule has 0 aliphatic heterocycles. The lowest BCUT2D eigenvalue weighted by atomic mass is 9.92. The van der Waals surface area contributed by atoms with Crippen LogP contribution in [0.2, 0.25) is 0 Å². The maximum atomic E-state index is 12.1. The van der Waals surface area contributed by atoms with Crippen LogP contribution in [0.15, 0.2) is 29.4 Å². The van der Waals surface area contributed by atoms with Crippen LogP contribution >= 0.6 is 0 Å². The number of hydrogen-bond acceptors (Lipinski definition) is 4. The molecule has 0 aromatic heterocycles. The highest BCUT2D eigenvalue weighted by Gasteiger charge is 2.24. The Balaban J connectivity index is 2.72. The summed E-state index contributed by atoms with van der Waals surface area (Å²) < 4.78 is 28.4. The molecule has 1 amide bonds. The minimum atomic E-state index is -2.96. The lowest BCUT2D eigenvalue weighted by molar-refractivity contribution is -0.0498. The predicted octanol–water partition coefficient (Wildman–Crippen LogP) is 1.79. The largest absolute Gasteiger partial charge is 0.435 e. The molecule has 0 spiro atoms. The van der Waals surface area contributed by atoms with Crippen LogP contribution in [0, 0.1) is 5.41 Å². The summed E-state index contributed by atoms with van der Waals surface area (Å²) in [7, 11) is 0. The number of nitrogens with zero attached hydrogens (tertiary/aromatic N) is 1. The average molecular weight is 301 g/mol. The van der Waals surface area contributed by atoms with Crippen molar-refractivity contribution in [3.63, 3.8) is 0 Å². The number of nitrogens with two attached hydrogens (primary N) is 1. The number of ether oxygens (including phenoxy) is 1. The topological polar surface area (TPSA) is 96.9 Å². The Morgan fingerprint density at radius 2 is 2.19 bits per heavy atom. The maximum absolute atomic E-state index is 12.1. The van der Waals surface area contributed by atoms with Crippen LogP contribution in [-0.2, 0) is 0 Å². The maximum Gasteiger partial charge on any atom is 0.387 e. The molecule has 116 valence electrons. The van der Waals surface area contributed by atoms with E-state index in [1.807, 2.05) is 0 Å². The molecular weight excluding hydrogens is 284 g/mol. The number of oxime groups is 1. The van der Waals surface area contributed by atoms with Gasteiger partial charge in [-0.15, -0.1) is 0 Å². The summed E-state index contributed by atoms with van der Waals surface area (Å²) in [5, 5.41) is 14.1. The molecule has 21 heavy (non-hydrogen) atoms. The van der Waals surface area contributed by atoms with Gasteiger partial charge in [0.2, 0.25) is 0 Å². The lowest BCUT2D eigenvalue weighted by Crippen LogP contribution is -2.42. The molecule has 0 unspecified atom stereocenters. The average Bonchev–Trinajstić information content (AvgIpc) is 2.43. The summed E-state index contributed by atoms with van der Waals surface area (Å²) in [6.07, 6.45) is 0. The van der Waals surface area contributed by atoms with Crippen molar-refractivity contribution in [1.29, 1.82) is 0 Å². The van der Waals surface area contributed by atoms with Gasteiger partial charge in [-0.3, -0.25) is 4.79 Å². The normalized spacial score (nSPS) is 12.3. The van der Waals surface area contributed by atoms with Gasteiger partial charge >= 0.3 is 6.61 Å². The van der Waals surface area contributed by atoms with Crippen molar-refractivity contribution >= 4 is 11.7 Å². The van der Waals surface area contributed by atoms with Gasteiger partial charge in [-0.05, 0) is 18.2 Å². The van der Waals surface area contributed by atoms with Gasteiger partial charge in [-0.1, -0.05) is 25.1 Å². The van der Waals surface area contributed by atoms with Crippen LogP contribution in [0.4, 0.5) is 8.78 Å². The minimum Gasteiger partial charge on any atom is -0.435 e.